The lowest BCUT2D eigenvalue weighted by Gasteiger charge is -2.09. The van der Waals surface area contributed by atoms with Crippen LogP contribution in [0.15, 0.2) is 71.8 Å². The van der Waals surface area contributed by atoms with Gasteiger partial charge >= 0.3 is 0 Å². The van der Waals surface area contributed by atoms with E-state index in [-0.39, 0.29) is 0 Å². The van der Waals surface area contributed by atoms with Crippen molar-refractivity contribution in [2.24, 2.45) is 5.10 Å². The number of nitrogens with zero attached hydrogens (tertiary/aromatic N) is 4. The third kappa shape index (κ3) is 3.36. The fraction of sp³-hybridized carbons (Fsp3) is 0.0833. The molecule has 0 amide bonds. The Morgan fingerprint density at radius 3 is 2.06 bits per heavy atom. The summed E-state index contributed by atoms with van der Waals surface area (Å²) in [5.74, 6) is 1.62. The minimum Gasteiger partial charge on any atom is -0.493 e. The summed E-state index contributed by atoms with van der Waals surface area (Å²) in [5, 5.41) is 17.2. The molecule has 5 rings (SSSR count). The Morgan fingerprint density at radius 2 is 1.39 bits per heavy atom. The summed E-state index contributed by atoms with van der Waals surface area (Å²) in [6.45, 7) is 0. The van der Waals surface area contributed by atoms with Crippen molar-refractivity contribution >= 4 is 44.7 Å². The summed E-state index contributed by atoms with van der Waals surface area (Å²) in [5.41, 5.74) is 5.27. The minimum absolute atomic E-state index is 0.324. The van der Waals surface area contributed by atoms with Crippen molar-refractivity contribution in [2.45, 2.75) is 0 Å². The smallest absolute Gasteiger partial charge is 0.263 e. The molecule has 0 radical (unpaired) electrons. The normalized spacial score (nSPS) is 11.4. The summed E-state index contributed by atoms with van der Waals surface area (Å²) >= 11 is 0. The summed E-state index contributed by atoms with van der Waals surface area (Å²) in [6, 6.07) is 21.9. The lowest BCUT2D eigenvalue weighted by atomic mass is 10.00. The van der Waals surface area contributed by atoms with Crippen LogP contribution < -0.4 is 14.9 Å². The molecular weight excluding hydrogens is 390 g/mol. The number of ether oxygens (including phenoxy) is 2. The number of benzene rings is 4. The molecule has 0 saturated carbocycles. The predicted octanol–water partition coefficient (Wildman–Crippen LogP) is 4.79. The van der Waals surface area contributed by atoms with Crippen molar-refractivity contribution in [3.05, 3.63) is 72.3 Å². The first-order valence-electron chi connectivity index (χ1n) is 9.73. The van der Waals surface area contributed by atoms with E-state index in [1.807, 2.05) is 48.5 Å². The van der Waals surface area contributed by atoms with Crippen LogP contribution in [0.25, 0.3) is 32.6 Å². The number of anilines is 1. The lowest BCUT2D eigenvalue weighted by molar-refractivity contribution is 0.355. The molecular formula is C24H19N5O2. The molecule has 0 spiro atoms. The average molecular weight is 409 g/mol. The Morgan fingerprint density at radius 1 is 0.742 bits per heavy atom. The molecule has 1 N–H and O–H groups in total. The average Bonchev–Trinajstić information content (AvgIpc) is 2.84. The van der Waals surface area contributed by atoms with Crippen molar-refractivity contribution in [3.8, 4) is 11.5 Å². The van der Waals surface area contributed by atoms with Crippen LogP contribution in [-0.2, 0) is 0 Å². The fourth-order valence-corrected chi connectivity index (χ4v) is 3.69. The van der Waals surface area contributed by atoms with Crippen LogP contribution in [0.4, 0.5) is 5.95 Å². The molecule has 4 aromatic carbocycles. The molecule has 0 bridgehead atoms. The monoisotopic (exact) mass is 409 g/mol. The molecule has 0 aliphatic heterocycles. The maximum Gasteiger partial charge on any atom is 0.263 e. The highest BCUT2D eigenvalue weighted by molar-refractivity contribution is 6.22. The molecule has 0 atom stereocenters. The first kappa shape index (κ1) is 18.7. The van der Waals surface area contributed by atoms with E-state index in [4.69, 9.17) is 14.5 Å². The molecule has 5 aromatic rings. The first-order chi connectivity index (χ1) is 15.3. The fourth-order valence-electron chi connectivity index (χ4n) is 3.69. The second-order valence-electron chi connectivity index (χ2n) is 6.91. The van der Waals surface area contributed by atoms with Gasteiger partial charge in [-0.1, -0.05) is 48.5 Å². The van der Waals surface area contributed by atoms with E-state index >= 15 is 0 Å². The van der Waals surface area contributed by atoms with Crippen LogP contribution in [0.3, 0.4) is 0 Å². The minimum atomic E-state index is 0.324. The van der Waals surface area contributed by atoms with Gasteiger partial charge in [0.2, 0.25) is 0 Å². The summed E-state index contributed by atoms with van der Waals surface area (Å²) in [6.07, 6.45) is 1.66. The van der Waals surface area contributed by atoms with Crippen LogP contribution in [0.1, 0.15) is 5.56 Å². The topological polar surface area (TPSA) is 81.5 Å². The van der Waals surface area contributed by atoms with Crippen LogP contribution in [0, 0.1) is 0 Å². The number of methoxy groups -OCH3 is 2. The Bertz CT molecular complexity index is 1410. The third-order valence-electron chi connectivity index (χ3n) is 5.13. The van der Waals surface area contributed by atoms with Crippen LogP contribution in [0.2, 0.25) is 0 Å². The number of hydrogen-bond acceptors (Lipinski definition) is 7. The van der Waals surface area contributed by atoms with Crippen molar-refractivity contribution in [3.63, 3.8) is 0 Å². The van der Waals surface area contributed by atoms with Gasteiger partial charge in [0.15, 0.2) is 11.5 Å². The van der Waals surface area contributed by atoms with Crippen molar-refractivity contribution in [1.29, 1.82) is 0 Å². The molecule has 7 nitrogen and oxygen atoms in total. The zero-order chi connectivity index (χ0) is 21.2. The number of hydrogen-bond donors (Lipinski definition) is 1. The van der Waals surface area contributed by atoms with Gasteiger partial charge in [0.05, 0.1) is 20.4 Å². The van der Waals surface area contributed by atoms with Gasteiger partial charge in [-0.25, -0.2) is 10.4 Å². The number of fused-ring (bicyclic) bond motifs is 6. The van der Waals surface area contributed by atoms with E-state index in [1.165, 1.54) is 0 Å². The summed E-state index contributed by atoms with van der Waals surface area (Å²) in [7, 11) is 3.20. The second-order valence-corrected chi connectivity index (χ2v) is 6.91. The van der Waals surface area contributed by atoms with Crippen LogP contribution in [-0.4, -0.2) is 35.6 Å². The Hall–Kier alpha value is -4.26. The van der Waals surface area contributed by atoms with Crippen molar-refractivity contribution in [2.75, 3.05) is 19.6 Å². The standard InChI is InChI=1S/C24H19N5O2/c1-30-20-12-11-15(13-21(20)31-2)14-25-28-24-26-22-18-9-5-3-7-16(18)17-8-4-6-10-19(17)23(22)27-29-24/h3-14H,1-2H3,(H,26,28,29)/b25-14+. The number of hydrazone groups is 1. The van der Waals surface area contributed by atoms with Gasteiger partial charge in [0.1, 0.15) is 11.0 Å². The molecule has 0 aliphatic rings. The van der Waals surface area contributed by atoms with E-state index in [2.05, 4.69) is 38.9 Å². The SMILES string of the molecule is COc1ccc(/C=N/Nc2nnc3c4ccccc4c4ccccc4c3n2)cc1OC. The van der Waals surface area contributed by atoms with Gasteiger partial charge in [0.25, 0.3) is 5.95 Å². The van der Waals surface area contributed by atoms with Gasteiger partial charge in [-0.05, 0) is 34.5 Å². The maximum atomic E-state index is 5.32. The molecule has 31 heavy (non-hydrogen) atoms. The molecule has 1 aromatic heterocycles. The zero-order valence-corrected chi connectivity index (χ0v) is 17.0. The molecule has 0 unspecified atom stereocenters. The molecule has 7 heteroatoms. The van der Waals surface area contributed by atoms with Gasteiger partial charge in [0, 0.05) is 10.8 Å². The molecule has 0 fully saturated rings. The van der Waals surface area contributed by atoms with E-state index in [0.29, 0.717) is 17.4 Å². The highest BCUT2D eigenvalue weighted by Gasteiger charge is 2.11. The van der Waals surface area contributed by atoms with Crippen molar-refractivity contribution in [1.82, 2.24) is 15.2 Å². The number of rotatable bonds is 5. The van der Waals surface area contributed by atoms with Crippen molar-refractivity contribution < 1.29 is 9.47 Å². The van der Waals surface area contributed by atoms with E-state index in [1.54, 1.807) is 20.4 Å². The van der Waals surface area contributed by atoms with Gasteiger partial charge < -0.3 is 9.47 Å². The number of nitrogens with one attached hydrogen (secondary N) is 1. The molecule has 0 aliphatic carbocycles. The summed E-state index contributed by atoms with van der Waals surface area (Å²) < 4.78 is 10.6. The highest BCUT2D eigenvalue weighted by atomic mass is 16.5. The predicted molar refractivity (Wildman–Crippen MR) is 123 cm³/mol. The maximum absolute atomic E-state index is 5.32. The van der Waals surface area contributed by atoms with Crippen LogP contribution in [0.5, 0.6) is 11.5 Å². The lowest BCUT2D eigenvalue weighted by Crippen LogP contribution is -2.00. The largest absolute Gasteiger partial charge is 0.493 e. The number of aromatic nitrogens is 3. The van der Waals surface area contributed by atoms with E-state index < -0.39 is 0 Å². The van der Waals surface area contributed by atoms with Gasteiger partial charge in [-0.3, -0.25) is 0 Å². The molecule has 1 heterocycles. The molecule has 0 saturated heterocycles. The first-order valence-corrected chi connectivity index (χ1v) is 9.73. The third-order valence-corrected chi connectivity index (χ3v) is 5.13. The van der Waals surface area contributed by atoms with E-state index in [0.717, 1.165) is 38.1 Å². The van der Waals surface area contributed by atoms with Gasteiger partial charge in [-0.15, -0.1) is 10.2 Å². The Balaban J connectivity index is 1.53. The van der Waals surface area contributed by atoms with Crippen LogP contribution >= 0.6 is 0 Å². The Kier molecular flexibility index (Phi) is 4.76. The molecule has 152 valence electrons. The quantitative estimate of drug-likeness (QED) is 0.255. The highest BCUT2D eigenvalue weighted by Crippen LogP contribution is 2.32. The van der Waals surface area contributed by atoms with E-state index in [9.17, 15) is 0 Å². The summed E-state index contributed by atoms with van der Waals surface area (Å²) in [4.78, 5) is 4.70. The Labute approximate surface area is 178 Å². The second kappa shape index (κ2) is 7.87. The zero-order valence-electron chi connectivity index (χ0n) is 17.0. The van der Waals surface area contributed by atoms with Gasteiger partial charge in [-0.2, -0.15) is 5.10 Å².